The van der Waals surface area contributed by atoms with Crippen molar-refractivity contribution in [2.75, 3.05) is 0 Å². The van der Waals surface area contributed by atoms with Crippen molar-refractivity contribution in [3.63, 3.8) is 0 Å². The minimum Gasteiger partial charge on any atom is -0.349 e. The maximum absolute atomic E-state index is 12.0. The second kappa shape index (κ2) is 5.15. The number of nitrogens with one attached hydrogen (secondary N) is 1. The summed E-state index contributed by atoms with van der Waals surface area (Å²) in [7, 11) is 0. The molecular weight excluding hydrogens is 198 g/mol. The molecule has 0 radical (unpaired) electrons. The van der Waals surface area contributed by atoms with Crippen molar-refractivity contribution in [1.82, 2.24) is 5.32 Å². The van der Waals surface area contributed by atoms with E-state index >= 15 is 0 Å². The molecule has 1 aromatic carbocycles. The van der Waals surface area contributed by atoms with Crippen LogP contribution in [0.1, 0.15) is 42.3 Å². The normalized spacial score (nSPS) is 12.6. The Morgan fingerprint density at radius 2 is 1.56 bits per heavy atom. The summed E-state index contributed by atoms with van der Waals surface area (Å²) in [6, 6.07) is 6.13. The van der Waals surface area contributed by atoms with Crippen molar-refractivity contribution < 1.29 is 4.79 Å². The van der Waals surface area contributed by atoms with Crippen molar-refractivity contribution >= 4 is 5.91 Å². The Morgan fingerprint density at radius 1 is 1.06 bits per heavy atom. The molecule has 1 unspecified atom stereocenters. The number of carbonyl (C=O) groups is 1. The lowest BCUT2D eigenvalue weighted by atomic mass is 10.0. The number of rotatable bonds is 3. The summed E-state index contributed by atoms with van der Waals surface area (Å²) in [5.74, 6) is 0.475. The fraction of sp³-hybridized carbons (Fsp3) is 0.500. The third-order valence-electron chi connectivity index (χ3n) is 2.84. The zero-order valence-corrected chi connectivity index (χ0v) is 10.8. The van der Waals surface area contributed by atoms with Crippen LogP contribution in [0.3, 0.4) is 0 Å². The summed E-state index contributed by atoms with van der Waals surface area (Å²) in [5, 5.41) is 3.01. The van der Waals surface area contributed by atoms with E-state index in [0.29, 0.717) is 5.92 Å². The van der Waals surface area contributed by atoms with Crippen LogP contribution in [0.5, 0.6) is 0 Å². The molecule has 0 heterocycles. The van der Waals surface area contributed by atoms with Crippen LogP contribution in [0.2, 0.25) is 0 Å². The molecule has 0 bridgehead atoms. The maximum atomic E-state index is 12.0. The molecule has 2 nitrogen and oxygen atoms in total. The predicted molar refractivity (Wildman–Crippen MR) is 67.7 cm³/mol. The Kier molecular flexibility index (Phi) is 4.11. The average molecular weight is 219 g/mol. The Bertz CT molecular complexity index is 362. The molecule has 0 saturated carbocycles. The van der Waals surface area contributed by atoms with Gasteiger partial charge < -0.3 is 5.32 Å². The lowest BCUT2D eigenvalue weighted by molar-refractivity contribution is 0.0930. The smallest absolute Gasteiger partial charge is 0.251 e. The van der Waals surface area contributed by atoms with E-state index in [1.807, 2.05) is 32.9 Å². The Hall–Kier alpha value is -1.31. The largest absolute Gasteiger partial charge is 0.349 e. The first-order valence-electron chi connectivity index (χ1n) is 5.79. The van der Waals surface area contributed by atoms with Crippen LogP contribution < -0.4 is 5.32 Å². The summed E-state index contributed by atoms with van der Waals surface area (Å²) in [5.41, 5.74) is 3.01. The highest BCUT2D eigenvalue weighted by Gasteiger charge is 2.12. The van der Waals surface area contributed by atoms with Gasteiger partial charge in [0.1, 0.15) is 0 Å². The number of amides is 1. The molecule has 0 spiro atoms. The van der Waals surface area contributed by atoms with Crippen LogP contribution in [-0.4, -0.2) is 11.9 Å². The van der Waals surface area contributed by atoms with E-state index in [9.17, 15) is 4.79 Å². The van der Waals surface area contributed by atoms with Gasteiger partial charge in [-0.1, -0.05) is 31.0 Å². The van der Waals surface area contributed by atoms with Crippen LogP contribution in [0.4, 0.5) is 0 Å². The zero-order chi connectivity index (χ0) is 12.3. The number of aryl methyl sites for hydroxylation is 2. The topological polar surface area (TPSA) is 29.1 Å². The van der Waals surface area contributed by atoms with Crippen LogP contribution in [0.15, 0.2) is 18.2 Å². The molecular formula is C14H21NO. The van der Waals surface area contributed by atoms with Gasteiger partial charge in [-0.2, -0.15) is 0 Å². The van der Waals surface area contributed by atoms with Gasteiger partial charge in [-0.3, -0.25) is 4.79 Å². The van der Waals surface area contributed by atoms with E-state index in [4.69, 9.17) is 0 Å². The molecule has 1 rings (SSSR count). The quantitative estimate of drug-likeness (QED) is 0.831. The minimum atomic E-state index is 0.0213. The van der Waals surface area contributed by atoms with Gasteiger partial charge >= 0.3 is 0 Å². The molecule has 16 heavy (non-hydrogen) atoms. The highest BCUT2D eigenvalue weighted by molar-refractivity contribution is 5.94. The molecule has 1 amide bonds. The van der Waals surface area contributed by atoms with Gasteiger partial charge in [0, 0.05) is 11.6 Å². The standard InChI is InChI=1S/C14H21NO/c1-9(2)12(5)15-14(16)13-7-10(3)6-11(4)8-13/h6-9,12H,1-5H3,(H,15,16). The number of benzene rings is 1. The van der Waals surface area contributed by atoms with Crippen molar-refractivity contribution in [3.8, 4) is 0 Å². The maximum Gasteiger partial charge on any atom is 0.251 e. The first-order valence-corrected chi connectivity index (χ1v) is 5.79. The minimum absolute atomic E-state index is 0.0213. The van der Waals surface area contributed by atoms with Crippen LogP contribution in [-0.2, 0) is 0 Å². The van der Waals surface area contributed by atoms with Crippen LogP contribution in [0, 0.1) is 19.8 Å². The molecule has 88 valence electrons. The Labute approximate surface area is 98.1 Å². The van der Waals surface area contributed by atoms with Gasteiger partial charge in [0.2, 0.25) is 0 Å². The Balaban J connectivity index is 2.80. The summed E-state index contributed by atoms with van der Waals surface area (Å²) in [6.45, 7) is 10.3. The fourth-order valence-corrected chi connectivity index (χ4v) is 1.56. The number of carbonyl (C=O) groups excluding carboxylic acids is 1. The van der Waals surface area contributed by atoms with Crippen LogP contribution >= 0.6 is 0 Å². The molecule has 1 N–H and O–H groups in total. The molecule has 0 saturated heterocycles. The van der Waals surface area contributed by atoms with Crippen molar-refractivity contribution in [2.45, 2.75) is 40.7 Å². The van der Waals surface area contributed by atoms with Gasteiger partial charge in [0.05, 0.1) is 0 Å². The van der Waals surface area contributed by atoms with Gasteiger partial charge in [0.25, 0.3) is 5.91 Å². The van der Waals surface area contributed by atoms with Gasteiger partial charge in [0.15, 0.2) is 0 Å². The monoisotopic (exact) mass is 219 g/mol. The van der Waals surface area contributed by atoms with E-state index in [1.165, 1.54) is 0 Å². The molecule has 0 aliphatic heterocycles. The van der Waals surface area contributed by atoms with Gasteiger partial charge in [-0.05, 0) is 38.8 Å². The average Bonchev–Trinajstić information content (AvgIpc) is 2.15. The molecule has 0 aromatic heterocycles. The second-order valence-corrected chi connectivity index (χ2v) is 4.88. The predicted octanol–water partition coefficient (Wildman–Crippen LogP) is 3.08. The van der Waals surface area contributed by atoms with Crippen LogP contribution in [0.25, 0.3) is 0 Å². The van der Waals surface area contributed by atoms with Gasteiger partial charge in [-0.25, -0.2) is 0 Å². The van der Waals surface area contributed by atoms with E-state index < -0.39 is 0 Å². The summed E-state index contributed by atoms with van der Waals surface area (Å²) in [4.78, 5) is 12.0. The molecule has 2 heteroatoms. The highest BCUT2D eigenvalue weighted by atomic mass is 16.1. The molecule has 0 aliphatic rings. The van der Waals surface area contributed by atoms with E-state index in [2.05, 4.69) is 25.2 Å². The lowest BCUT2D eigenvalue weighted by Crippen LogP contribution is -2.36. The molecule has 0 fully saturated rings. The lowest BCUT2D eigenvalue weighted by Gasteiger charge is -2.17. The van der Waals surface area contributed by atoms with Crippen molar-refractivity contribution in [1.29, 1.82) is 0 Å². The third-order valence-corrected chi connectivity index (χ3v) is 2.84. The van der Waals surface area contributed by atoms with Crippen molar-refractivity contribution in [2.24, 2.45) is 5.92 Å². The Morgan fingerprint density at radius 3 is 2.00 bits per heavy atom. The van der Waals surface area contributed by atoms with E-state index in [0.717, 1.165) is 16.7 Å². The third kappa shape index (κ3) is 3.37. The fourth-order valence-electron chi connectivity index (χ4n) is 1.56. The highest BCUT2D eigenvalue weighted by Crippen LogP contribution is 2.10. The van der Waals surface area contributed by atoms with Crippen molar-refractivity contribution in [3.05, 3.63) is 34.9 Å². The number of hydrogen-bond donors (Lipinski definition) is 1. The summed E-state index contributed by atoms with van der Waals surface area (Å²) in [6.07, 6.45) is 0. The van der Waals surface area contributed by atoms with E-state index in [-0.39, 0.29) is 11.9 Å². The van der Waals surface area contributed by atoms with Gasteiger partial charge in [-0.15, -0.1) is 0 Å². The second-order valence-electron chi connectivity index (χ2n) is 4.88. The van der Waals surface area contributed by atoms with E-state index in [1.54, 1.807) is 0 Å². The summed E-state index contributed by atoms with van der Waals surface area (Å²) < 4.78 is 0. The molecule has 0 aliphatic carbocycles. The summed E-state index contributed by atoms with van der Waals surface area (Å²) >= 11 is 0. The SMILES string of the molecule is Cc1cc(C)cc(C(=O)NC(C)C(C)C)c1. The first kappa shape index (κ1) is 12.8. The molecule has 1 atom stereocenters. The number of hydrogen-bond acceptors (Lipinski definition) is 1. The zero-order valence-electron chi connectivity index (χ0n) is 10.8. The molecule has 1 aromatic rings. The first-order chi connectivity index (χ1) is 7.40.